The lowest BCUT2D eigenvalue weighted by molar-refractivity contribution is -0.129. The summed E-state index contributed by atoms with van der Waals surface area (Å²) in [6, 6.07) is 14.1. The zero-order chi connectivity index (χ0) is 21.7. The van der Waals surface area contributed by atoms with Crippen LogP contribution in [-0.4, -0.2) is 25.5 Å². The minimum Gasteiger partial charge on any atom is -0.496 e. The quantitative estimate of drug-likeness (QED) is 0.471. The number of rotatable bonds is 6. The van der Waals surface area contributed by atoms with Gasteiger partial charge in [-0.2, -0.15) is 0 Å². The van der Waals surface area contributed by atoms with E-state index >= 15 is 0 Å². The van der Waals surface area contributed by atoms with Crippen molar-refractivity contribution in [3.05, 3.63) is 68.6 Å². The van der Waals surface area contributed by atoms with E-state index in [2.05, 4.69) is 26.8 Å². The molecule has 0 bridgehead atoms. The second kappa shape index (κ2) is 10.0. The molecule has 156 valence electrons. The molecule has 3 aromatic carbocycles. The smallest absolute Gasteiger partial charge is 0.276 e. The lowest BCUT2D eigenvalue weighted by atomic mass is 10.0. The summed E-state index contributed by atoms with van der Waals surface area (Å²) in [7, 11) is 1.54. The minimum atomic E-state index is -0.539. The lowest BCUT2D eigenvalue weighted by Gasteiger charge is -2.13. The van der Waals surface area contributed by atoms with Crippen molar-refractivity contribution in [2.24, 2.45) is 0 Å². The van der Waals surface area contributed by atoms with Gasteiger partial charge in [-0.3, -0.25) is 20.4 Å². The Hall–Kier alpha value is -2.48. The topological polar surface area (TPSA) is 76.7 Å². The van der Waals surface area contributed by atoms with Gasteiger partial charge >= 0.3 is 0 Å². The fraction of sp³-hybridized carbons (Fsp3) is 0.143. The van der Waals surface area contributed by atoms with Crippen LogP contribution in [0.2, 0.25) is 10.0 Å². The highest BCUT2D eigenvalue weighted by molar-refractivity contribution is 9.10. The zero-order valence-electron chi connectivity index (χ0n) is 15.8. The van der Waals surface area contributed by atoms with E-state index in [1.807, 2.05) is 24.3 Å². The summed E-state index contributed by atoms with van der Waals surface area (Å²) in [6.07, 6.45) is 0.0201. The summed E-state index contributed by atoms with van der Waals surface area (Å²) in [6.45, 7) is -0.326. The molecule has 0 atom stereocenters. The number of amides is 2. The summed E-state index contributed by atoms with van der Waals surface area (Å²) in [5.74, 6) is -0.0361. The van der Waals surface area contributed by atoms with Crippen LogP contribution in [0, 0.1) is 0 Å². The van der Waals surface area contributed by atoms with E-state index in [0.29, 0.717) is 16.5 Å². The highest BCUT2D eigenvalue weighted by atomic mass is 79.9. The van der Waals surface area contributed by atoms with E-state index in [1.165, 1.54) is 6.07 Å². The summed E-state index contributed by atoms with van der Waals surface area (Å²) < 4.78 is 11.7. The Kier molecular flexibility index (Phi) is 7.42. The van der Waals surface area contributed by atoms with Gasteiger partial charge in [0.2, 0.25) is 5.91 Å². The van der Waals surface area contributed by atoms with Crippen LogP contribution in [0.25, 0.3) is 10.8 Å². The van der Waals surface area contributed by atoms with Crippen LogP contribution >= 0.6 is 39.1 Å². The van der Waals surface area contributed by atoms with Gasteiger partial charge in [0.1, 0.15) is 11.5 Å². The molecule has 0 aliphatic rings. The first-order valence-electron chi connectivity index (χ1n) is 8.78. The first kappa shape index (κ1) is 22.2. The Balaban J connectivity index is 1.60. The zero-order valence-corrected chi connectivity index (χ0v) is 18.9. The van der Waals surface area contributed by atoms with Crippen molar-refractivity contribution in [1.82, 2.24) is 10.9 Å². The van der Waals surface area contributed by atoms with Crippen molar-refractivity contribution in [3.63, 3.8) is 0 Å². The monoisotopic (exact) mass is 510 g/mol. The normalized spacial score (nSPS) is 10.5. The van der Waals surface area contributed by atoms with E-state index in [1.54, 1.807) is 25.3 Å². The SMILES string of the molecule is COc1ccc2cc(Br)ccc2c1CC(=O)NNC(=O)COc1ccc(Cl)cc1Cl. The summed E-state index contributed by atoms with van der Waals surface area (Å²) in [5, 5.41) is 2.60. The molecule has 0 saturated heterocycles. The number of fused-ring (bicyclic) bond motifs is 1. The van der Waals surface area contributed by atoms with Crippen molar-refractivity contribution in [3.8, 4) is 11.5 Å². The van der Waals surface area contributed by atoms with E-state index < -0.39 is 11.8 Å². The molecule has 2 amide bonds. The molecule has 9 heteroatoms. The lowest BCUT2D eigenvalue weighted by Crippen LogP contribution is -2.44. The molecule has 0 radical (unpaired) electrons. The standard InChI is InChI=1S/C21H17BrCl2N2O4/c1-29-18-6-2-12-8-13(22)3-5-15(12)16(18)10-20(27)25-26-21(28)11-30-19-7-4-14(23)9-17(19)24/h2-9H,10-11H2,1H3,(H,25,27)(H,26,28). The average Bonchev–Trinajstić information content (AvgIpc) is 2.71. The number of halogens is 3. The van der Waals surface area contributed by atoms with Crippen molar-refractivity contribution < 1.29 is 19.1 Å². The second-order valence-electron chi connectivity index (χ2n) is 6.25. The van der Waals surface area contributed by atoms with Gasteiger partial charge < -0.3 is 9.47 Å². The van der Waals surface area contributed by atoms with Gasteiger partial charge in [-0.1, -0.05) is 51.3 Å². The number of nitrogens with one attached hydrogen (secondary N) is 2. The van der Waals surface area contributed by atoms with Crippen LogP contribution in [0.4, 0.5) is 0 Å². The molecule has 3 aromatic rings. The molecule has 0 aliphatic heterocycles. The number of carbonyl (C=O) groups is 2. The predicted octanol–water partition coefficient (Wildman–Crippen LogP) is 4.69. The highest BCUT2D eigenvalue weighted by Crippen LogP contribution is 2.30. The van der Waals surface area contributed by atoms with Gasteiger partial charge in [-0.05, 0) is 47.2 Å². The van der Waals surface area contributed by atoms with Crippen molar-refractivity contribution >= 4 is 61.7 Å². The molecule has 0 aliphatic carbocycles. The summed E-state index contributed by atoms with van der Waals surface area (Å²) >= 11 is 15.2. The minimum absolute atomic E-state index is 0.0201. The third kappa shape index (κ3) is 5.56. The maximum Gasteiger partial charge on any atom is 0.276 e. The van der Waals surface area contributed by atoms with Crippen molar-refractivity contribution in [2.75, 3.05) is 13.7 Å². The number of hydrogen-bond donors (Lipinski definition) is 2. The van der Waals surface area contributed by atoms with E-state index in [9.17, 15) is 9.59 Å². The number of methoxy groups -OCH3 is 1. The van der Waals surface area contributed by atoms with Crippen LogP contribution in [0.3, 0.4) is 0 Å². The van der Waals surface area contributed by atoms with Gasteiger partial charge in [0.05, 0.1) is 18.6 Å². The van der Waals surface area contributed by atoms with E-state index in [-0.39, 0.29) is 18.1 Å². The molecule has 0 aromatic heterocycles. The van der Waals surface area contributed by atoms with Crippen molar-refractivity contribution in [1.29, 1.82) is 0 Å². The van der Waals surface area contributed by atoms with Gasteiger partial charge in [-0.15, -0.1) is 0 Å². The first-order chi connectivity index (χ1) is 14.4. The predicted molar refractivity (Wildman–Crippen MR) is 120 cm³/mol. The number of hydrazine groups is 1. The molecule has 0 fully saturated rings. The molecule has 3 rings (SSSR count). The number of benzene rings is 3. The van der Waals surface area contributed by atoms with Crippen LogP contribution in [0.1, 0.15) is 5.56 Å². The maximum atomic E-state index is 12.4. The molecular formula is C21H17BrCl2N2O4. The van der Waals surface area contributed by atoms with Gasteiger partial charge in [-0.25, -0.2) is 0 Å². The molecule has 6 nitrogen and oxygen atoms in total. The summed E-state index contributed by atoms with van der Waals surface area (Å²) in [4.78, 5) is 24.4. The van der Waals surface area contributed by atoms with Crippen molar-refractivity contribution in [2.45, 2.75) is 6.42 Å². The number of ether oxygens (including phenoxy) is 2. The average molecular weight is 512 g/mol. The number of hydrogen-bond acceptors (Lipinski definition) is 4. The molecule has 0 saturated carbocycles. The third-order valence-corrected chi connectivity index (χ3v) is 5.23. The molecule has 0 unspecified atom stereocenters. The van der Waals surface area contributed by atoms with Crippen LogP contribution in [-0.2, 0) is 16.0 Å². The Labute approximate surface area is 191 Å². The third-order valence-electron chi connectivity index (χ3n) is 4.20. The van der Waals surface area contributed by atoms with E-state index in [0.717, 1.165) is 20.8 Å². The fourth-order valence-electron chi connectivity index (χ4n) is 2.83. The Morgan fingerprint density at radius 1 is 0.967 bits per heavy atom. The Morgan fingerprint density at radius 3 is 2.43 bits per heavy atom. The van der Waals surface area contributed by atoms with Gasteiger partial charge in [0.25, 0.3) is 5.91 Å². The van der Waals surface area contributed by atoms with Gasteiger partial charge in [0, 0.05) is 15.1 Å². The maximum absolute atomic E-state index is 12.4. The largest absolute Gasteiger partial charge is 0.496 e. The molecule has 0 spiro atoms. The Bertz CT molecular complexity index is 1110. The molecule has 0 heterocycles. The molecular weight excluding hydrogens is 495 g/mol. The second-order valence-corrected chi connectivity index (χ2v) is 8.01. The Morgan fingerprint density at radius 2 is 1.70 bits per heavy atom. The van der Waals surface area contributed by atoms with Crippen LogP contribution in [0.15, 0.2) is 53.0 Å². The van der Waals surface area contributed by atoms with Crippen LogP contribution in [0.5, 0.6) is 11.5 Å². The first-order valence-corrected chi connectivity index (χ1v) is 10.3. The molecule has 2 N–H and O–H groups in total. The number of carbonyl (C=O) groups excluding carboxylic acids is 2. The molecule has 30 heavy (non-hydrogen) atoms. The fourth-order valence-corrected chi connectivity index (χ4v) is 3.68. The summed E-state index contributed by atoms with van der Waals surface area (Å²) in [5.41, 5.74) is 5.42. The van der Waals surface area contributed by atoms with E-state index in [4.69, 9.17) is 32.7 Å². The van der Waals surface area contributed by atoms with Crippen LogP contribution < -0.4 is 20.3 Å². The van der Waals surface area contributed by atoms with Gasteiger partial charge in [0.15, 0.2) is 6.61 Å². The highest BCUT2D eigenvalue weighted by Gasteiger charge is 2.14.